The zero-order valence-electron chi connectivity index (χ0n) is 7.03. The molecule has 0 aliphatic carbocycles. The second kappa shape index (κ2) is 3.87. The lowest BCUT2D eigenvalue weighted by Gasteiger charge is -2.03. The third-order valence-electron chi connectivity index (χ3n) is 1.71. The number of rotatable bonds is 3. The molecule has 13 heavy (non-hydrogen) atoms. The fraction of sp³-hybridized carbons (Fsp3) is 0.100. The summed E-state index contributed by atoms with van der Waals surface area (Å²) in [6.07, 6.45) is 1.15. The van der Waals surface area contributed by atoms with Crippen molar-refractivity contribution in [2.45, 2.75) is 6.61 Å². The number of hydrogen-bond donors (Lipinski definition) is 2. The summed E-state index contributed by atoms with van der Waals surface area (Å²) in [5.74, 6) is -0.303. The van der Waals surface area contributed by atoms with Crippen LogP contribution in [0.15, 0.2) is 30.9 Å². The van der Waals surface area contributed by atoms with Gasteiger partial charge in [-0.15, -0.1) is 0 Å². The average molecular weight is 178 g/mol. The Bertz CT molecular complexity index is 342. The maximum absolute atomic E-state index is 11.2. The third kappa shape index (κ3) is 1.95. The van der Waals surface area contributed by atoms with E-state index in [1.54, 1.807) is 0 Å². The second-order valence-electron chi connectivity index (χ2n) is 2.57. The van der Waals surface area contributed by atoms with E-state index < -0.39 is 0 Å². The fourth-order valence-electron chi connectivity index (χ4n) is 1.04. The predicted octanol–water partition coefficient (Wildman–Crippen LogP) is 1.25. The lowest BCUT2D eigenvalue weighted by molar-refractivity contribution is 0.104. The summed E-state index contributed by atoms with van der Waals surface area (Å²) in [6.45, 7) is 3.10. The van der Waals surface area contributed by atoms with Gasteiger partial charge in [-0.05, 0) is 23.8 Å². The van der Waals surface area contributed by atoms with Crippen molar-refractivity contribution >= 4 is 5.78 Å². The molecule has 1 aromatic carbocycles. The number of allylic oxidation sites excluding steroid dienone is 1. The number of aromatic hydroxyl groups is 1. The zero-order valence-corrected chi connectivity index (χ0v) is 7.03. The number of carbonyl (C=O) groups excluding carboxylic acids is 1. The SMILES string of the molecule is C=CC(=O)c1cc(O)ccc1CO. The van der Waals surface area contributed by atoms with Gasteiger partial charge in [0.25, 0.3) is 0 Å². The lowest BCUT2D eigenvalue weighted by Crippen LogP contribution is -2.00. The van der Waals surface area contributed by atoms with Crippen molar-refractivity contribution in [3.63, 3.8) is 0 Å². The predicted molar refractivity (Wildman–Crippen MR) is 48.6 cm³/mol. The molecule has 0 atom stereocenters. The Hall–Kier alpha value is -1.61. The van der Waals surface area contributed by atoms with Gasteiger partial charge < -0.3 is 10.2 Å². The number of aliphatic hydroxyl groups excluding tert-OH is 1. The fourth-order valence-corrected chi connectivity index (χ4v) is 1.04. The van der Waals surface area contributed by atoms with Crippen molar-refractivity contribution in [2.75, 3.05) is 0 Å². The van der Waals surface area contributed by atoms with E-state index in [4.69, 9.17) is 10.2 Å². The monoisotopic (exact) mass is 178 g/mol. The van der Waals surface area contributed by atoms with Crippen LogP contribution in [0, 0.1) is 0 Å². The molecule has 0 aliphatic heterocycles. The van der Waals surface area contributed by atoms with E-state index in [2.05, 4.69) is 6.58 Å². The van der Waals surface area contributed by atoms with Crippen LogP contribution in [-0.2, 0) is 6.61 Å². The van der Waals surface area contributed by atoms with Crippen LogP contribution in [0.5, 0.6) is 5.75 Å². The normalized spacial score (nSPS) is 9.62. The number of benzene rings is 1. The van der Waals surface area contributed by atoms with Crippen LogP contribution in [0.4, 0.5) is 0 Å². The van der Waals surface area contributed by atoms with Gasteiger partial charge in [-0.25, -0.2) is 0 Å². The quantitative estimate of drug-likeness (QED) is 0.541. The van der Waals surface area contributed by atoms with Crippen molar-refractivity contribution in [2.24, 2.45) is 0 Å². The molecule has 0 amide bonds. The minimum atomic E-state index is -0.306. The molecule has 1 aromatic rings. The maximum Gasteiger partial charge on any atom is 0.185 e. The highest BCUT2D eigenvalue weighted by molar-refractivity contribution is 6.05. The topological polar surface area (TPSA) is 57.5 Å². The summed E-state index contributed by atoms with van der Waals surface area (Å²) >= 11 is 0. The Morgan fingerprint density at radius 2 is 2.23 bits per heavy atom. The molecule has 2 N–H and O–H groups in total. The third-order valence-corrected chi connectivity index (χ3v) is 1.71. The summed E-state index contributed by atoms with van der Waals surface area (Å²) in [6, 6.07) is 4.24. The Morgan fingerprint density at radius 3 is 2.77 bits per heavy atom. The van der Waals surface area contributed by atoms with Crippen molar-refractivity contribution < 1.29 is 15.0 Å². The number of aliphatic hydroxyl groups is 1. The van der Waals surface area contributed by atoms with Gasteiger partial charge in [0, 0.05) is 5.56 Å². The van der Waals surface area contributed by atoms with E-state index in [-0.39, 0.29) is 23.7 Å². The van der Waals surface area contributed by atoms with Gasteiger partial charge in [-0.3, -0.25) is 4.79 Å². The molecule has 0 spiro atoms. The number of ketones is 1. The Balaban J connectivity index is 3.23. The first-order valence-corrected chi connectivity index (χ1v) is 3.78. The molecule has 0 saturated carbocycles. The molecule has 0 heterocycles. The molecule has 0 unspecified atom stereocenters. The number of phenols is 1. The van der Waals surface area contributed by atoms with E-state index in [0.29, 0.717) is 5.56 Å². The van der Waals surface area contributed by atoms with E-state index in [1.807, 2.05) is 0 Å². The molecule has 0 radical (unpaired) electrons. The Morgan fingerprint density at radius 1 is 1.54 bits per heavy atom. The number of phenolic OH excluding ortho intramolecular Hbond substituents is 1. The van der Waals surface area contributed by atoms with Crippen LogP contribution < -0.4 is 0 Å². The highest BCUT2D eigenvalue weighted by atomic mass is 16.3. The lowest BCUT2D eigenvalue weighted by atomic mass is 10.0. The van der Waals surface area contributed by atoms with Crippen LogP contribution in [0.2, 0.25) is 0 Å². The molecule has 0 fully saturated rings. The van der Waals surface area contributed by atoms with Crippen molar-refractivity contribution in [3.05, 3.63) is 42.0 Å². The molecular weight excluding hydrogens is 168 g/mol. The molecule has 0 aliphatic rings. The van der Waals surface area contributed by atoms with Crippen LogP contribution >= 0.6 is 0 Å². The standard InChI is InChI=1S/C10H10O3/c1-2-10(13)9-5-8(12)4-3-7(9)6-11/h2-5,11-12H,1,6H2. The van der Waals surface area contributed by atoms with Gasteiger partial charge in [-0.2, -0.15) is 0 Å². The highest BCUT2D eigenvalue weighted by Gasteiger charge is 2.08. The van der Waals surface area contributed by atoms with Crippen molar-refractivity contribution in [1.82, 2.24) is 0 Å². The summed E-state index contributed by atoms with van der Waals surface area (Å²) in [5.41, 5.74) is 0.778. The molecule has 3 nitrogen and oxygen atoms in total. The first kappa shape index (κ1) is 9.48. The smallest absolute Gasteiger partial charge is 0.185 e. The van der Waals surface area contributed by atoms with Gasteiger partial charge in [0.1, 0.15) is 5.75 Å². The van der Waals surface area contributed by atoms with Gasteiger partial charge in [0.2, 0.25) is 0 Å². The van der Waals surface area contributed by atoms with E-state index in [1.165, 1.54) is 18.2 Å². The number of carbonyl (C=O) groups is 1. The summed E-state index contributed by atoms with van der Waals surface area (Å²) in [7, 11) is 0. The van der Waals surface area contributed by atoms with Gasteiger partial charge >= 0.3 is 0 Å². The largest absolute Gasteiger partial charge is 0.508 e. The second-order valence-corrected chi connectivity index (χ2v) is 2.57. The summed E-state index contributed by atoms with van der Waals surface area (Å²) in [4.78, 5) is 11.2. The average Bonchev–Trinajstić information content (AvgIpc) is 2.16. The maximum atomic E-state index is 11.2. The van der Waals surface area contributed by atoms with E-state index in [9.17, 15) is 4.79 Å². The van der Waals surface area contributed by atoms with Crippen molar-refractivity contribution in [3.8, 4) is 5.75 Å². The highest BCUT2D eigenvalue weighted by Crippen LogP contribution is 2.17. The molecule has 1 rings (SSSR count). The molecule has 0 aromatic heterocycles. The van der Waals surface area contributed by atoms with Crippen LogP contribution in [0.25, 0.3) is 0 Å². The van der Waals surface area contributed by atoms with Gasteiger partial charge in [0.05, 0.1) is 6.61 Å². The zero-order chi connectivity index (χ0) is 9.84. The molecular formula is C10H10O3. The minimum Gasteiger partial charge on any atom is -0.508 e. The van der Waals surface area contributed by atoms with Crippen LogP contribution in [0.3, 0.4) is 0 Å². The summed E-state index contributed by atoms with van der Waals surface area (Å²) < 4.78 is 0. The van der Waals surface area contributed by atoms with E-state index >= 15 is 0 Å². The number of hydrogen-bond acceptors (Lipinski definition) is 3. The van der Waals surface area contributed by atoms with Crippen LogP contribution in [0.1, 0.15) is 15.9 Å². The minimum absolute atomic E-state index is 0.00222. The molecule has 68 valence electrons. The van der Waals surface area contributed by atoms with Gasteiger partial charge in [0.15, 0.2) is 5.78 Å². The Kier molecular flexibility index (Phi) is 2.82. The molecule has 3 heteroatoms. The van der Waals surface area contributed by atoms with Gasteiger partial charge in [-0.1, -0.05) is 12.6 Å². The van der Waals surface area contributed by atoms with Crippen LogP contribution in [-0.4, -0.2) is 16.0 Å². The molecule has 0 bridgehead atoms. The van der Waals surface area contributed by atoms with Crippen molar-refractivity contribution in [1.29, 1.82) is 0 Å². The first-order chi connectivity index (χ1) is 6.19. The van der Waals surface area contributed by atoms with E-state index in [0.717, 1.165) is 6.08 Å². The summed E-state index contributed by atoms with van der Waals surface area (Å²) in [5, 5.41) is 18.0. The molecule has 0 saturated heterocycles. The first-order valence-electron chi connectivity index (χ1n) is 3.78. The Labute approximate surface area is 76.0 Å².